The number of halogens is 1. The molecule has 1 aromatic rings. The Bertz CT molecular complexity index is 513. The summed E-state index contributed by atoms with van der Waals surface area (Å²) in [4.78, 5) is 12.4. The predicted octanol–water partition coefficient (Wildman–Crippen LogP) is 3.99. The van der Waals surface area contributed by atoms with Gasteiger partial charge in [0, 0.05) is 16.5 Å². The van der Waals surface area contributed by atoms with Gasteiger partial charge in [-0.1, -0.05) is 31.5 Å². The number of amides is 1. The molecule has 0 bridgehead atoms. The molecule has 0 atom stereocenters. The van der Waals surface area contributed by atoms with Crippen LogP contribution < -0.4 is 11.1 Å². The van der Waals surface area contributed by atoms with E-state index in [0.717, 1.165) is 15.7 Å². The molecule has 5 heteroatoms. The van der Waals surface area contributed by atoms with E-state index in [1.807, 2.05) is 18.2 Å². The van der Waals surface area contributed by atoms with E-state index in [4.69, 9.17) is 18.0 Å². The maximum absolute atomic E-state index is 12.1. The van der Waals surface area contributed by atoms with Crippen molar-refractivity contribution in [1.82, 2.24) is 0 Å². The van der Waals surface area contributed by atoms with E-state index in [1.54, 1.807) is 0 Å². The molecule has 20 heavy (non-hydrogen) atoms. The van der Waals surface area contributed by atoms with Gasteiger partial charge in [0.05, 0.1) is 5.69 Å². The minimum atomic E-state index is 0.0840. The van der Waals surface area contributed by atoms with Gasteiger partial charge in [-0.25, -0.2) is 0 Å². The fourth-order valence-electron chi connectivity index (χ4n) is 2.62. The SMILES string of the molecule is NC(=S)c1ccc(NC(=O)CC2CCCCC2)c(Br)c1. The van der Waals surface area contributed by atoms with Crippen LogP contribution in [0.1, 0.15) is 44.1 Å². The van der Waals surface area contributed by atoms with Crippen LogP contribution in [0.3, 0.4) is 0 Å². The van der Waals surface area contributed by atoms with Crippen molar-refractivity contribution in [3.05, 3.63) is 28.2 Å². The van der Waals surface area contributed by atoms with Crippen LogP contribution in [-0.4, -0.2) is 10.9 Å². The third kappa shape index (κ3) is 4.28. The molecule has 1 aromatic carbocycles. The smallest absolute Gasteiger partial charge is 0.224 e. The van der Waals surface area contributed by atoms with Gasteiger partial charge in [0.2, 0.25) is 5.91 Å². The zero-order chi connectivity index (χ0) is 14.5. The van der Waals surface area contributed by atoms with Crippen molar-refractivity contribution in [2.45, 2.75) is 38.5 Å². The van der Waals surface area contributed by atoms with Gasteiger partial charge in [-0.3, -0.25) is 4.79 Å². The number of hydrogen-bond acceptors (Lipinski definition) is 2. The van der Waals surface area contributed by atoms with Gasteiger partial charge in [0.1, 0.15) is 4.99 Å². The first-order chi connectivity index (χ1) is 9.56. The van der Waals surface area contributed by atoms with E-state index in [-0.39, 0.29) is 5.91 Å². The fourth-order valence-corrected chi connectivity index (χ4v) is 3.23. The Hall–Kier alpha value is -0.940. The number of carbonyl (C=O) groups excluding carboxylic acids is 1. The van der Waals surface area contributed by atoms with Crippen LogP contribution in [0.2, 0.25) is 0 Å². The molecule has 2 rings (SSSR count). The summed E-state index contributed by atoms with van der Waals surface area (Å²) in [6.45, 7) is 0. The van der Waals surface area contributed by atoms with Crippen LogP contribution in [0.5, 0.6) is 0 Å². The van der Waals surface area contributed by atoms with Gasteiger partial charge >= 0.3 is 0 Å². The lowest BCUT2D eigenvalue weighted by Crippen LogP contribution is -2.18. The Kier molecular flexibility index (Phi) is 5.54. The third-order valence-corrected chi connectivity index (χ3v) is 4.62. The maximum atomic E-state index is 12.1. The van der Waals surface area contributed by atoms with Crippen molar-refractivity contribution in [2.24, 2.45) is 11.7 Å². The van der Waals surface area contributed by atoms with Gasteiger partial charge in [-0.2, -0.15) is 0 Å². The van der Waals surface area contributed by atoms with Crippen LogP contribution in [0.25, 0.3) is 0 Å². The van der Waals surface area contributed by atoms with Crippen LogP contribution in [0.15, 0.2) is 22.7 Å². The summed E-state index contributed by atoms with van der Waals surface area (Å²) in [6.07, 6.45) is 6.78. The summed E-state index contributed by atoms with van der Waals surface area (Å²) in [5.41, 5.74) is 7.14. The molecule has 0 heterocycles. The lowest BCUT2D eigenvalue weighted by atomic mass is 9.87. The Labute approximate surface area is 133 Å². The van der Waals surface area contributed by atoms with Crippen molar-refractivity contribution in [1.29, 1.82) is 0 Å². The normalized spacial score (nSPS) is 15.8. The Morgan fingerprint density at radius 1 is 1.35 bits per heavy atom. The van der Waals surface area contributed by atoms with Gasteiger partial charge < -0.3 is 11.1 Å². The van der Waals surface area contributed by atoms with E-state index < -0.39 is 0 Å². The molecule has 3 nitrogen and oxygen atoms in total. The first-order valence-electron chi connectivity index (χ1n) is 6.95. The lowest BCUT2D eigenvalue weighted by Gasteiger charge is -2.21. The first-order valence-corrected chi connectivity index (χ1v) is 8.15. The number of nitrogens with two attached hydrogens (primary N) is 1. The lowest BCUT2D eigenvalue weighted by molar-refractivity contribution is -0.117. The molecule has 0 saturated heterocycles. The van der Waals surface area contributed by atoms with Crippen molar-refractivity contribution in [2.75, 3.05) is 5.32 Å². The number of carbonyl (C=O) groups is 1. The van der Waals surface area contributed by atoms with E-state index in [9.17, 15) is 4.79 Å². The second-order valence-corrected chi connectivity index (χ2v) is 6.61. The van der Waals surface area contributed by atoms with Gasteiger partial charge in [0.25, 0.3) is 0 Å². The average molecular weight is 355 g/mol. The maximum Gasteiger partial charge on any atom is 0.224 e. The van der Waals surface area contributed by atoms with Crippen LogP contribution in [-0.2, 0) is 4.79 Å². The Morgan fingerprint density at radius 2 is 2.05 bits per heavy atom. The van der Waals surface area contributed by atoms with Gasteiger partial charge in [0.15, 0.2) is 0 Å². The molecule has 1 aliphatic rings. The Morgan fingerprint density at radius 3 is 2.65 bits per heavy atom. The number of anilines is 1. The van der Waals surface area contributed by atoms with Crippen molar-refractivity contribution in [3.63, 3.8) is 0 Å². The molecule has 3 N–H and O–H groups in total. The van der Waals surface area contributed by atoms with Crippen molar-refractivity contribution in [3.8, 4) is 0 Å². The summed E-state index contributed by atoms with van der Waals surface area (Å²) in [5, 5.41) is 2.95. The highest BCUT2D eigenvalue weighted by molar-refractivity contribution is 9.10. The molecule has 0 radical (unpaired) electrons. The van der Waals surface area contributed by atoms with E-state index >= 15 is 0 Å². The number of thiocarbonyl (C=S) groups is 1. The molecule has 1 saturated carbocycles. The average Bonchev–Trinajstić information content (AvgIpc) is 2.42. The van der Waals surface area contributed by atoms with Crippen molar-refractivity contribution < 1.29 is 4.79 Å². The molecule has 108 valence electrons. The van der Waals surface area contributed by atoms with Crippen LogP contribution in [0, 0.1) is 5.92 Å². The van der Waals surface area contributed by atoms with Gasteiger partial charge in [-0.05, 0) is 52.9 Å². The van der Waals surface area contributed by atoms with Gasteiger partial charge in [-0.15, -0.1) is 0 Å². The molecule has 0 aromatic heterocycles. The zero-order valence-electron chi connectivity index (χ0n) is 11.3. The predicted molar refractivity (Wildman–Crippen MR) is 89.9 cm³/mol. The monoisotopic (exact) mass is 354 g/mol. The second-order valence-electron chi connectivity index (χ2n) is 5.32. The molecule has 0 unspecified atom stereocenters. The molecule has 1 fully saturated rings. The zero-order valence-corrected chi connectivity index (χ0v) is 13.7. The molecule has 0 spiro atoms. The molecular formula is C15H19BrN2OS. The highest BCUT2D eigenvalue weighted by Gasteiger charge is 2.17. The second kappa shape index (κ2) is 7.18. The van der Waals surface area contributed by atoms with Crippen molar-refractivity contribution >= 4 is 44.7 Å². The number of rotatable bonds is 4. The van der Waals surface area contributed by atoms with Crippen LogP contribution in [0.4, 0.5) is 5.69 Å². The summed E-state index contributed by atoms with van der Waals surface area (Å²) < 4.78 is 0.805. The van der Waals surface area contributed by atoms with E-state index in [2.05, 4.69) is 21.2 Å². The fraction of sp³-hybridized carbons (Fsp3) is 0.467. The quantitative estimate of drug-likeness (QED) is 0.803. The minimum absolute atomic E-state index is 0.0840. The molecular weight excluding hydrogens is 336 g/mol. The summed E-state index contributed by atoms with van der Waals surface area (Å²) in [6, 6.07) is 5.49. The van der Waals surface area contributed by atoms with E-state index in [0.29, 0.717) is 17.3 Å². The molecule has 1 amide bonds. The molecule has 0 aliphatic heterocycles. The largest absolute Gasteiger partial charge is 0.389 e. The number of benzene rings is 1. The summed E-state index contributed by atoms with van der Waals surface area (Å²) in [7, 11) is 0. The first kappa shape index (κ1) is 15.4. The minimum Gasteiger partial charge on any atom is -0.389 e. The number of nitrogens with one attached hydrogen (secondary N) is 1. The highest BCUT2D eigenvalue weighted by Crippen LogP contribution is 2.28. The van der Waals surface area contributed by atoms with Crippen LogP contribution >= 0.6 is 28.1 Å². The molecule has 1 aliphatic carbocycles. The number of hydrogen-bond donors (Lipinski definition) is 2. The standard InChI is InChI=1S/C15H19BrN2OS/c16-12-9-11(15(17)20)6-7-13(12)18-14(19)8-10-4-2-1-3-5-10/h6-7,9-10H,1-5,8H2,(H2,17,20)(H,18,19). The summed E-state index contributed by atoms with van der Waals surface area (Å²) in [5.74, 6) is 0.624. The summed E-state index contributed by atoms with van der Waals surface area (Å²) >= 11 is 8.37. The Balaban J connectivity index is 1.95. The third-order valence-electron chi connectivity index (χ3n) is 3.73. The van der Waals surface area contributed by atoms with E-state index in [1.165, 1.54) is 32.1 Å². The topological polar surface area (TPSA) is 55.1 Å². The highest BCUT2D eigenvalue weighted by atomic mass is 79.9.